The van der Waals surface area contributed by atoms with Crippen molar-refractivity contribution < 1.29 is 45.9 Å². The van der Waals surface area contributed by atoms with E-state index in [1.165, 1.54) is 49.5 Å². The third-order valence-electron chi connectivity index (χ3n) is 11.8. The highest BCUT2D eigenvalue weighted by Crippen LogP contribution is 2.42. The summed E-state index contributed by atoms with van der Waals surface area (Å²) in [7, 11) is 2.62. The normalized spacial score (nSPS) is 23.0. The minimum absolute atomic E-state index is 0.0197. The summed E-state index contributed by atoms with van der Waals surface area (Å²) in [5.41, 5.74) is 1.54. The lowest BCUT2D eigenvalue weighted by atomic mass is 9.90. The quantitative estimate of drug-likeness (QED) is 0.175. The van der Waals surface area contributed by atoms with E-state index in [4.69, 9.17) is 4.74 Å². The van der Waals surface area contributed by atoms with Crippen LogP contribution in [-0.2, 0) is 14.4 Å². The van der Waals surface area contributed by atoms with E-state index >= 15 is 4.39 Å². The molecule has 19 heteroatoms. The SMILES string of the molecule is COc1cc(C(=O)NC2CC(F)(F)CC2CCN2CCN(c3ccc(C4CCC(=O)NC4=O)cc3F)CC2)ccc1Nc1ncc2c(n1)N(C(C)C)CC(F)(F)C(=O)N2C. The van der Waals surface area contributed by atoms with Crippen LogP contribution in [0.5, 0.6) is 5.75 Å². The van der Waals surface area contributed by atoms with E-state index in [0.717, 1.165) is 4.90 Å². The molecule has 322 valence electrons. The van der Waals surface area contributed by atoms with Crippen LogP contribution < -0.4 is 35.4 Å². The van der Waals surface area contributed by atoms with E-state index in [1.54, 1.807) is 26.0 Å². The Bertz CT molecular complexity index is 2150. The largest absolute Gasteiger partial charge is 0.495 e. The van der Waals surface area contributed by atoms with Gasteiger partial charge in [0.1, 0.15) is 17.3 Å². The number of carbonyl (C=O) groups excluding carboxylic acids is 4. The van der Waals surface area contributed by atoms with Crippen LogP contribution in [0.3, 0.4) is 0 Å². The second kappa shape index (κ2) is 16.8. The molecule has 0 radical (unpaired) electrons. The van der Waals surface area contributed by atoms with Gasteiger partial charge < -0.3 is 30.1 Å². The van der Waals surface area contributed by atoms with E-state index in [9.17, 15) is 36.7 Å². The van der Waals surface area contributed by atoms with Crippen LogP contribution in [0.4, 0.5) is 50.8 Å². The minimum Gasteiger partial charge on any atom is -0.495 e. The number of hydrogen-bond acceptors (Lipinski definition) is 11. The molecule has 4 amide bonds. The number of hydrogen-bond donors (Lipinski definition) is 3. The molecule has 60 heavy (non-hydrogen) atoms. The summed E-state index contributed by atoms with van der Waals surface area (Å²) in [6, 6.07) is 7.97. The molecule has 3 aliphatic heterocycles. The number of piperidine rings is 1. The van der Waals surface area contributed by atoms with E-state index in [2.05, 4.69) is 30.8 Å². The highest BCUT2D eigenvalue weighted by molar-refractivity contribution is 6.02. The highest BCUT2D eigenvalue weighted by atomic mass is 19.3. The molecule has 0 bridgehead atoms. The Hall–Kier alpha value is -5.59. The van der Waals surface area contributed by atoms with Crippen LogP contribution in [0.1, 0.15) is 67.8 Å². The number of halogens is 5. The first-order valence-corrected chi connectivity index (χ1v) is 20.0. The summed E-state index contributed by atoms with van der Waals surface area (Å²) in [6.45, 7) is 5.22. The van der Waals surface area contributed by atoms with Crippen LogP contribution >= 0.6 is 0 Å². The Morgan fingerprint density at radius 3 is 2.45 bits per heavy atom. The molecule has 2 aromatic carbocycles. The Labute approximate surface area is 343 Å². The fraction of sp³-hybridized carbons (Fsp3) is 0.512. The molecule has 2 saturated heterocycles. The molecule has 1 aromatic heterocycles. The Balaban J connectivity index is 0.955. The molecule has 3 unspecified atom stereocenters. The summed E-state index contributed by atoms with van der Waals surface area (Å²) < 4.78 is 80.0. The molecule has 4 heterocycles. The number of aromatic nitrogens is 2. The molecule has 3 atom stereocenters. The molecule has 3 aromatic rings. The van der Waals surface area contributed by atoms with Gasteiger partial charge in [-0.25, -0.2) is 18.2 Å². The van der Waals surface area contributed by atoms with Gasteiger partial charge in [0.2, 0.25) is 17.8 Å². The second-order valence-electron chi connectivity index (χ2n) is 16.2. The number of ether oxygens (including phenoxy) is 1. The van der Waals surface area contributed by atoms with Gasteiger partial charge in [-0.3, -0.25) is 29.4 Å². The van der Waals surface area contributed by atoms with Gasteiger partial charge in [-0.1, -0.05) is 6.07 Å². The number of piperazine rings is 1. The molecule has 3 fully saturated rings. The number of amides is 4. The van der Waals surface area contributed by atoms with Gasteiger partial charge in [0.05, 0.1) is 37.1 Å². The average Bonchev–Trinajstić information content (AvgIpc) is 3.47. The zero-order valence-corrected chi connectivity index (χ0v) is 33.7. The van der Waals surface area contributed by atoms with Gasteiger partial charge in [0, 0.05) is 70.1 Å². The van der Waals surface area contributed by atoms with Crippen LogP contribution in [0.2, 0.25) is 0 Å². The number of anilines is 5. The lowest BCUT2D eigenvalue weighted by Crippen LogP contribution is -2.47. The number of fused-ring (bicyclic) bond motifs is 1. The maximum absolute atomic E-state index is 15.3. The number of imide groups is 1. The number of benzene rings is 2. The highest BCUT2D eigenvalue weighted by Gasteiger charge is 2.48. The maximum Gasteiger partial charge on any atom is 0.342 e. The summed E-state index contributed by atoms with van der Waals surface area (Å²) >= 11 is 0. The third-order valence-corrected chi connectivity index (χ3v) is 11.8. The molecule has 4 aliphatic rings. The summed E-state index contributed by atoms with van der Waals surface area (Å²) in [5, 5.41) is 8.11. The smallest absolute Gasteiger partial charge is 0.342 e. The van der Waals surface area contributed by atoms with Crippen molar-refractivity contribution in [3.8, 4) is 5.75 Å². The summed E-state index contributed by atoms with van der Waals surface area (Å²) in [5.74, 6) is -10.5. The molecule has 14 nitrogen and oxygen atoms in total. The third kappa shape index (κ3) is 8.95. The first-order valence-electron chi connectivity index (χ1n) is 20.0. The molecular formula is C41H48F5N9O5. The van der Waals surface area contributed by atoms with Gasteiger partial charge in [-0.05, 0) is 75.0 Å². The summed E-state index contributed by atoms with van der Waals surface area (Å²) in [6.07, 6.45) is 1.34. The monoisotopic (exact) mass is 841 g/mol. The predicted molar refractivity (Wildman–Crippen MR) is 213 cm³/mol. The second-order valence-corrected chi connectivity index (χ2v) is 16.2. The number of alkyl halides is 4. The zero-order chi connectivity index (χ0) is 43.1. The average molecular weight is 842 g/mol. The van der Waals surface area contributed by atoms with E-state index in [-0.39, 0.29) is 47.5 Å². The van der Waals surface area contributed by atoms with Crippen LogP contribution in [0.15, 0.2) is 42.6 Å². The Morgan fingerprint density at radius 1 is 1.02 bits per heavy atom. The first kappa shape index (κ1) is 42.5. The van der Waals surface area contributed by atoms with Gasteiger partial charge in [0.15, 0.2) is 5.82 Å². The van der Waals surface area contributed by atoms with Crippen molar-refractivity contribution in [2.75, 3.05) is 73.4 Å². The van der Waals surface area contributed by atoms with Gasteiger partial charge in [-0.15, -0.1) is 0 Å². The van der Waals surface area contributed by atoms with E-state index in [0.29, 0.717) is 62.5 Å². The van der Waals surface area contributed by atoms with Crippen molar-refractivity contribution in [3.05, 3.63) is 59.5 Å². The molecular weight excluding hydrogens is 793 g/mol. The fourth-order valence-electron chi connectivity index (χ4n) is 8.46. The Morgan fingerprint density at radius 2 is 1.77 bits per heavy atom. The number of nitrogens with zero attached hydrogens (tertiary/aromatic N) is 6. The van der Waals surface area contributed by atoms with Gasteiger partial charge in [-0.2, -0.15) is 13.8 Å². The molecule has 0 spiro atoms. The van der Waals surface area contributed by atoms with Crippen molar-refractivity contribution in [3.63, 3.8) is 0 Å². The van der Waals surface area contributed by atoms with E-state index in [1.807, 2.05) is 4.90 Å². The van der Waals surface area contributed by atoms with Crippen molar-refractivity contribution in [2.24, 2.45) is 5.92 Å². The number of methoxy groups -OCH3 is 1. The van der Waals surface area contributed by atoms with Crippen molar-refractivity contribution in [1.82, 2.24) is 25.5 Å². The van der Waals surface area contributed by atoms with Gasteiger partial charge in [0.25, 0.3) is 17.7 Å². The molecule has 7 rings (SSSR count). The van der Waals surface area contributed by atoms with E-state index < -0.39 is 72.3 Å². The van der Waals surface area contributed by atoms with Crippen LogP contribution in [0.25, 0.3) is 0 Å². The zero-order valence-electron chi connectivity index (χ0n) is 33.7. The molecule has 3 N–H and O–H groups in total. The number of carbonyl (C=O) groups is 4. The lowest BCUT2D eigenvalue weighted by Gasteiger charge is -2.37. The van der Waals surface area contributed by atoms with Crippen molar-refractivity contribution in [2.45, 2.75) is 75.8 Å². The molecule has 1 aliphatic carbocycles. The molecule has 1 saturated carbocycles. The number of nitrogens with one attached hydrogen (secondary N) is 3. The van der Waals surface area contributed by atoms with Crippen molar-refractivity contribution >= 4 is 52.5 Å². The fourth-order valence-corrected chi connectivity index (χ4v) is 8.46. The predicted octanol–water partition coefficient (Wildman–Crippen LogP) is 5.07. The minimum atomic E-state index is -3.65. The topological polar surface area (TPSA) is 152 Å². The Kier molecular flexibility index (Phi) is 11.9. The summed E-state index contributed by atoms with van der Waals surface area (Å²) in [4.78, 5) is 64.7. The lowest BCUT2D eigenvalue weighted by molar-refractivity contribution is -0.140. The maximum atomic E-state index is 15.3. The van der Waals surface area contributed by atoms with Crippen LogP contribution in [0, 0.1) is 11.7 Å². The number of rotatable bonds is 11. The standard InChI is InChI=1S/C41H48F5N9O5/c1-23(2)55-22-41(45,46)38(59)52(3)32-21-47-39(51-35(32)55)49-29-8-5-25(18-33(29)60-4)36(57)48-30-20-40(43,44)19-26(30)11-12-53-13-15-54(16-14-53)31-9-6-24(17-28(31)42)27-7-10-34(56)50-37(27)58/h5-6,8-9,17-18,21,23,26-27,30H,7,10-16,19-20,22H2,1-4H3,(H,48,57)(H,47,49,51)(H,50,56,58). The first-order chi connectivity index (χ1) is 28.4. The van der Waals surface area contributed by atoms with Crippen LogP contribution in [-0.4, -0.2) is 116 Å². The van der Waals surface area contributed by atoms with Gasteiger partial charge >= 0.3 is 5.92 Å². The van der Waals surface area contributed by atoms with Crippen molar-refractivity contribution in [1.29, 1.82) is 0 Å².